The molecular weight excluding hydrogens is 246 g/mol. The number of hydrogen-bond donors (Lipinski definition) is 1. The van der Waals surface area contributed by atoms with E-state index in [4.69, 9.17) is 5.11 Å². The molecule has 2 rings (SSSR count). The molecule has 16 heavy (non-hydrogen) atoms. The number of aryl methyl sites for hydroxylation is 1. The molecular formula is C9H13N3O2S2. The minimum atomic E-state index is -0.751. The van der Waals surface area contributed by atoms with E-state index in [1.807, 2.05) is 6.92 Å². The van der Waals surface area contributed by atoms with E-state index in [2.05, 4.69) is 14.3 Å². The van der Waals surface area contributed by atoms with E-state index in [0.29, 0.717) is 0 Å². The minimum Gasteiger partial charge on any atom is -0.481 e. The van der Waals surface area contributed by atoms with Gasteiger partial charge in [-0.05, 0) is 6.92 Å². The van der Waals surface area contributed by atoms with Gasteiger partial charge in [-0.3, -0.25) is 4.79 Å². The zero-order valence-electron chi connectivity index (χ0n) is 8.92. The molecule has 1 saturated heterocycles. The Morgan fingerprint density at radius 1 is 1.69 bits per heavy atom. The molecule has 1 atom stereocenters. The summed E-state index contributed by atoms with van der Waals surface area (Å²) in [5.74, 6) is 1.88. The molecule has 88 valence electrons. The molecule has 2 heterocycles. The summed E-state index contributed by atoms with van der Waals surface area (Å²) < 4.78 is 4.14. The Kier molecular flexibility index (Phi) is 3.65. The van der Waals surface area contributed by atoms with Crippen LogP contribution in [0.4, 0.5) is 5.13 Å². The number of carboxylic acids is 1. The molecule has 1 N–H and O–H groups in total. The highest BCUT2D eigenvalue weighted by atomic mass is 32.2. The summed E-state index contributed by atoms with van der Waals surface area (Å²) in [6.45, 7) is 2.71. The molecule has 0 saturated carbocycles. The van der Waals surface area contributed by atoms with Gasteiger partial charge in [0.15, 0.2) is 0 Å². The Balaban J connectivity index is 2.12. The highest BCUT2D eigenvalue weighted by Crippen LogP contribution is 2.26. The predicted molar refractivity (Wildman–Crippen MR) is 65.4 cm³/mol. The maximum absolute atomic E-state index is 10.8. The lowest BCUT2D eigenvalue weighted by Gasteiger charge is -2.33. The number of rotatable bonds is 3. The summed E-state index contributed by atoms with van der Waals surface area (Å²) >= 11 is 3.15. The third kappa shape index (κ3) is 2.65. The van der Waals surface area contributed by atoms with Gasteiger partial charge in [-0.25, -0.2) is 4.98 Å². The first-order chi connectivity index (χ1) is 7.66. The lowest BCUT2D eigenvalue weighted by atomic mass is 10.2. The van der Waals surface area contributed by atoms with E-state index in [-0.39, 0.29) is 12.5 Å². The summed E-state index contributed by atoms with van der Waals surface area (Å²) in [6.07, 6.45) is 0.172. The Hall–Kier alpha value is -0.820. The van der Waals surface area contributed by atoms with Crippen LogP contribution in [0.25, 0.3) is 0 Å². The molecule has 1 aromatic rings. The fraction of sp³-hybridized carbons (Fsp3) is 0.667. The summed E-state index contributed by atoms with van der Waals surface area (Å²) in [4.78, 5) is 17.2. The lowest BCUT2D eigenvalue weighted by Crippen LogP contribution is -2.43. The van der Waals surface area contributed by atoms with E-state index < -0.39 is 5.97 Å². The normalized spacial score (nSPS) is 21.1. The van der Waals surface area contributed by atoms with E-state index in [1.165, 1.54) is 11.5 Å². The van der Waals surface area contributed by atoms with Gasteiger partial charge in [-0.1, -0.05) is 0 Å². The van der Waals surface area contributed by atoms with E-state index >= 15 is 0 Å². The molecule has 0 amide bonds. The van der Waals surface area contributed by atoms with Crippen LogP contribution < -0.4 is 4.90 Å². The van der Waals surface area contributed by atoms with Gasteiger partial charge in [-0.15, -0.1) is 0 Å². The smallest absolute Gasteiger partial charge is 0.305 e. The second-order valence-electron chi connectivity index (χ2n) is 3.64. The van der Waals surface area contributed by atoms with Crippen molar-refractivity contribution in [2.45, 2.75) is 19.4 Å². The van der Waals surface area contributed by atoms with E-state index in [1.54, 1.807) is 11.8 Å². The van der Waals surface area contributed by atoms with Gasteiger partial charge >= 0.3 is 5.97 Å². The Bertz CT molecular complexity index is 383. The first kappa shape index (κ1) is 11.7. The Morgan fingerprint density at radius 3 is 3.12 bits per heavy atom. The standard InChI is InChI=1S/C9H13N3O2S2/c1-6-10-9(16-11-6)12-2-3-15-5-7(12)4-8(13)14/h7H,2-5H2,1H3,(H,13,14). The second-order valence-corrected chi connectivity index (χ2v) is 5.52. The van der Waals surface area contributed by atoms with Crippen LogP contribution >= 0.6 is 23.3 Å². The number of carbonyl (C=O) groups is 1. The van der Waals surface area contributed by atoms with Gasteiger partial charge in [-0.2, -0.15) is 16.1 Å². The molecule has 1 fully saturated rings. The molecule has 0 radical (unpaired) electrons. The zero-order chi connectivity index (χ0) is 11.5. The molecule has 5 nitrogen and oxygen atoms in total. The molecule has 0 spiro atoms. The second kappa shape index (κ2) is 5.01. The number of nitrogens with zero attached hydrogens (tertiary/aromatic N) is 3. The average molecular weight is 259 g/mol. The van der Waals surface area contributed by atoms with Crippen molar-refractivity contribution in [2.24, 2.45) is 0 Å². The van der Waals surface area contributed by atoms with Crippen LogP contribution in [0, 0.1) is 6.92 Å². The molecule has 1 aliphatic rings. The third-order valence-corrected chi connectivity index (χ3v) is 4.34. The highest BCUT2D eigenvalue weighted by molar-refractivity contribution is 7.99. The average Bonchev–Trinajstić information content (AvgIpc) is 2.65. The number of hydrogen-bond acceptors (Lipinski definition) is 6. The molecule has 1 aliphatic heterocycles. The fourth-order valence-corrected chi connectivity index (χ4v) is 3.52. The van der Waals surface area contributed by atoms with Crippen LogP contribution in [0.5, 0.6) is 0 Å². The van der Waals surface area contributed by atoms with Crippen molar-refractivity contribution in [1.29, 1.82) is 0 Å². The van der Waals surface area contributed by atoms with Crippen molar-refractivity contribution in [3.63, 3.8) is 0 Å². The zero-order valence-corrected chi connectivity index (χ0v) is 10.6. The topological polar surface area (TPSA) is 66.3 Å². The van der Waals surface area contributed by atoms with Gasteiger partial charge in [0.25, 0.3) is 0 Å². The van der Waals surface area contributed by atoms with Crippen LogP contribution in [0.15, 0.2) is 0 Å². The third-order valence-electron chi connectivity index (χ3n) is 2.40. The lowest BCUT2D eigenvalue weighted by molar-refractivity contribution is -0.137. The largest absolute Gasteiger partial charge is 0.481 e. The number of aliphatic carboxylic acids is 1. The highest BCUT2D eigenvalue weighted by Gasteiger charge is 2.27. The maximum atomic E-state index is 10.8. The Morgan fingerprint density at radius 2 is 2.50 bits per heavy atom. The van der Waals surface area contributed by atoms with Gasteiger partial charge < -0.3 is 10.0 Å². The van der Waals surface area contributed by atoms with Crippen LogP contribution in [-0.4, -0.2) is 44.5 Å². The maximum Gasteiger partial charge on any atom is 0.305 e. The summed E-state index contributed by atoms with van der Waals surface area (Å²) in [5.41, 5.74) is 0. The van der Waals surface area contributed by atoms with E-state index in [9.17, 15) is 4.79 Å². The molecule has 1 unspecified atom stereocenters. The quantitative estimate of drug-likeness (QED) is 0.881. The van der Waals surface area contributed by atoms with Gasteiger partial charge in [0.2, 0.25) is 5.13 Å². The monoisotopic (exact) mass is 259 g/mol. The van der Waals surface area contributed by atoms with Crippen LogP contribution in [0.1, 0.15) is 12.2 Å². The fourth-order valence-electron chi connectivity index (χ4n) is 1.68. The van der Waals surface area contributed by atoms with Gasteiger partial charge in [0, 0.05) is 29.6 Å². The number of aromatic nitrogens is 2. The number of thioether (sulfide) groups is 1. The number of anilines is 1. The SMILES string of the molecule is Cc1nsc(N2CCSCC2CC(=O)O)n1. The van der Waals surface area contributed by atoms with Crippen molar-refractivity contribution in [3.05, 3.63) is 5.82 Å². The van der Waals surface area contributed by atoms with E-state index in [0.717, 1.165) is 29.0 Å². The van der Waals surface area contributed by atoms with Crippen molar-refractivity contribution in [1.82, 2.24) is 9.36 Å². The summed E-state index contributed by atoms with van der Waals surface area (Å²) in [6, 6.07) is 0.0450. The summed E-state index contributed by atoms with van der Waals surface area (Å²) in [5, 5.41) is 9.72. The van der Waals surface area contributed by atoms with Crippen molar-refractivity contribution in [3.8, 4) is 0 Å². The van der Waals surface area contributed by atoms with Crippen LogP contribution in [0.3, 0.4) is 0 Å². The van der Waals surface area contributed by atoms with Crippen molar-refractivity contribution >= 4 is 34.4 Å². The van der Waals surface area contributed by atoms with Gasteiger partial charge in [0.1, 0.15) is 5.82 Å². The van der Waals surface area contributed by atoms with Crippen molar-refractivity contribution < 1.29 is 9.90 Å². The number of carboxylic acid groups (broad SMARTS) is 1. The molecule has 0 aromatic carbocycles. The van der Waals surface area contributed by atoms with Crippen LogP contribution in [0.2, 0.25) is 0 Å². The molecule has 1 aromatic heterocycles. The minimum absolute atomic E-state index is 0.0450. The molecule has 0 aliphatic carbocycles. The molecule has 7 heteroatoms. The van der Waals surface area contributed by atoms with Crippen molar-refractivity contribution in [2.75, 3.05) is 23.0 Å². The molecule has 0 bridgehead atoms. The van der Waals surface area contributed by atoms with Crippen LogP contribution in [-0.2, 0) is 4.79 Å². The van der Waals surface area contributed by atoms with Gasteiger partial charge in [0.05, 0.1) is 12.5 Å². The first-order valence-electron chi connectivity index (χ1n) is 5.03. The Labute approximate surface area is 102 Å². The summed E-state index contributed by atoms with van der Waals surface area (Å²) in [7, 11) is 0. The predicted octanol–water partition coefficient (Wildman–Crippen LogP) is 1.24. The first-order valence-corrected chi connectivity index (χ1v) is 6.96.